The monoisotopic (exact) mass is 253 g/mol. The standard InChI is InChI=1S/C11H11NO4S/c13-7-12-9-5-1-3-8-4-2-6-10(11(8)9)17(14,15)16/h1-6,12-13H,7H2,(H,14,15,16). The summed E-state index contributed by atoms with van der Waals surface area (Å²) in [7, 11) is -4.29. The van der Waals surface area contributed by atoms with E-state index < -0.39 is 10.1 Å². The predicted octanol–water partition coefficient (Wildman–Crippen LogP) is 1.45. The number of nitrogens with one attached hydrogen (secondary N) is 1. The van der Waals surface area contributed by atoms with Gasteiger partial charge < -0.3 is 10.4 Å². The highest BCUT2D eigenvalue weighted by molar-refractivity contribution is 7.86. The van der Waals surface area contributed by atoms with Gasteiger partial charge in [0.15, 0.2) is 0 Å². The van der Waals surface area contributed by atoms with Crippen molar-refractivity contribution in [3.63, 3.8) is 0 Å². The molecule has 0 aliphatic carbocycles. The Bertz CT molecular complexity index is 646. The third-order valence-corrected chi connectivity index (χ3v) is 3.31. The van der Waals surface area contributed by atoms with Crippen molar-refractivity contribution in [2.45, 2.75) is 4.90 Å². The second-order valence-corrected chi connectivity index (χ2v) is 4.86. The molecule has 2 aromatic carbocycles. The Hall–Kier alpha value is -1.63. The molecule has 90 valence electrons. The molecule has 2 rings (SSSR count). The molecule has 0 saturated carbocycles. The molecule has 0 unspecified atom stereocenters. The minimum atomic E-state index is -4.29. The van der Waals surface area contributed by atoms with Gasteiger partial charge in [0, 0.05) is 11.1 Å². The van der Waals surface area contributed by atoms with Gasteiger partial charge in [-0.1, -0.05) is 24.3 Å². The maximum atomic E-state index is 11.3. The van der Waals surface area contributed by atoms with Gasteiger partial charge in [-0.25, -0.2) is 0 Å². The molecule has 0 fully saturated rings. The molecule has 0 radical (unpaired) electrons. The maximum Gasteiger partial charge on any atom is 0.295 e. The van der Waals surface area contributed by atoms with E-state index in [2.05, 4.69) is 5.32 Å². The number of aliphatic hydroxyl groups is 1. The van der Waals surface area contributed by atoms with Gasteiger partial charge in [-0.15, -0.1) is 0 Å². The number of fused-ring (bicyclic) bond motifs is 1. The Kier molecular flexibility index (Phi) is 3.01. The van der Waals surface area contributed by atoms with Gasteiger partial charge in [0.25, 0.3) is 10.1 Å². The fourth-order valence-electron chi connectivity index (χ4n) is 1.75. The van der Waals surface area contributed by atoms with Gasteiger partial charge in [0.1, 0.15) is 11.6 Å². The van der Waals surface area contributed by atoms with Gasteiger partial charge in [0.05, 0.1) is 0 Å². The van der Waals surface area contributed by atoms with Crippen LogP contribution < -0.4 is 5.32 Å². The molecule has 0 heterocycles. The van der Waals surface area contributed by atoms with E-state index in [0.29, 0.717) is 16.5 Å². The smallest absolute Gasteiger partial charge is 0.295 e. The quantitative estimate of drug-likeness (QED) is 0.569. The van der Waals surface area contributed by atoms with Gasteiger partial charge >= 0.3 is 0 Å². The fraction of sp³-hybridized carbons (Fsp3) is 0.0909. The van der Waals surface area contributed by atoms with E-state index in [1.165, 1.54) is 6.07 Å². The highest BCUT2D eigenvalue weighted by atomic mass is 32.2. The van der Waals surface area contributed by atoms with E-state index in [1.807, 2.05) is 0 Å². The van der Waals surface area contributed by atoms with Crippen LogP contribution in [0.3, 0.4) is 0 Å². The minimum Gasteiger partial charge on any atom is -0.377 e. The Balaban J connectivity index is 2.85. The average Bonchev–Trinajstić information content (AvgIpc) is 2.28. The molecule has 2 aromatic rings. The second kappa shape index (κ2) is 4.33. The molecule has 0 aromatic heterocycles. The van der Waals surface area contributed by atoms with Crippen molar-refractivity contribution in [1.82, 2.24) is 0 Å². The van der Waals surface area contributed by atoms with Gasteiger partial charge in [-0.05, 0) is 17.5 Å². The molecule has 5 nitrogen and oxygen atoms in total. The van der Waals surface area contributed by atoms with E-state index in [9.17, 15) is 8.42 Å². The Morgan fingerprint density at radius 3 is 2.35 bits per heavy atom. The van der Waals surface area contributed by atoms with Crippen LogP contribution in [0.15, 0.2) is 41.3 Å². The molecule has 6 heteroatoms. The number of hydrogen-bond acceptors (Lipinski definition) is 4. The van der Waals surface area contributed by atoms with Crippen LogP contribution in [-0.4, -0.2) is 24.8 Å². The highest BCUT2D eigenvalue weighted by Gasteiger charge is 2.15. The molecule has 0 atom stereocenters. The van der Waals surface area contributed by atoms with Crippen molar-refractivity contribution in [3.05, 3.63) is 36.4 Å². The first kappa shape index (κ1) is 11.8. The summed E-state index contributed by atoms with van der Waals surface area (Å²) >= 11 is 0. The summed E-state index contributed by atoms with van der Waals surface area (Å²) in [5, 5.41) is 12.5. The zero-order valence-corrected chi connectivity index (χ0v) is 9.61. The van der Waals surface area contributed by atoms with Crippen molar-refractivity contribution < 1.29 is 18.1 Å². The van der Waals surface area contributed by atoms with E-state index >= 15 is 0 Å². The third-order valence-electron chi connectivity index (χ3n) is 2.41. The van der Waals surface area contributed by atoms with E-state index in [1.54, 1.807) is 30.3 Å². The van der Waals surface area contributed by atoms with Crippen LogP contribution in [0.4, 0.5) is 5.69 Å². The minimum absolute atomic E-state index is 0.174. The van der Waals surface area contributed by atoms with Crippen molar-refractivity contribution in [2.24, 2.45) is 0 Å². The summed E-state index contributed by atoms with van der Waals surface area (Å²) in [4.78, 5) is -0.174. The molecule has 17 heavy (non-hydrogen) atoms. The number of aliphatic hydroxyl groups excluding tert-OH is 1. The summed E-state index contributed by atoms with van der Waals surface area (Å²) in [6.07, 6.45) is 0. The van der Waals surface area contributed by atoms with E-state index in [0.717, 1.165) is 0 Å². The topological polar surface area (TPSA) is 86.6 Å². The van der Waals surface area contributed by atoms with Crippen LogP contribution in [0.2, 0.25) is 0 Å². The first-order valence-corrected chi connectivity index (χ1v) is 6.32. The highest BCUT2D eigenvalue weighted by Crippen LogP contribution is 2.29. The first-order valence-electron chi connectivity index (χ1n) is 4.88. The SMILES string of the molecule is O=S(=O)(O)c1cccc2cccc(NCO)c12. The maximum absolute atomic E-state index is 11.3. The normalized spacial score (nSPS) is 11.6. The van der Waals surface area contributed by atoms with Crippen LogP contribution in [0.5, 0.6) is 0 Å². The third kappa shape index (κ3) is 2.23. The summed E-state index contributed by atoms with van der Waals surface area (Å²) in [6, 6.07) is 9.69. The molecule has 0 spiro atoms. The molecule has 0 amide bonds. The first-order chi connectivity index (χ1) is 8.04. The molecule has 0 aliphatic rings. The van der Waals surface area contributed by atoms with Crippen LogP contribution in [0, 0.1) is 0 Å². The van der Waals surface area contributed by atoms with E-state index in [4.69, 9.17) is 9.66 Å². The lowest BCUT2D eigenvalue weighted by Crippen LogP contribution is -2.04. The summed E-state index contributed by atoms with van der Waals surface area (Å²) in [5.74, 6) is 0. The van der Waals surface area contributed by atoms with Gasteiger partial charge in [-0.3, -0.25) is 4.55 Å². The van der Waals surface area contributed by atoms with Crippen molar-refractivity contribution in [2.75, 3.05) is 12.0 Å². The van der Waals surface area contributed by atoms with Crippen molar-refractivity contribution in [3.8, 4) is 0 Å². The Morgan fingerprint density at radius 1 is 1.12 bits per heavy atom. The molecule has 3 N–H and O–H groups in total. The van der Waals surface area contributed by atoms with Crippen LogP contribution in [0.1, 0.15) is 0 Å². The van der Waals surface area contributed by atoms with Crippen molar-refractivity contribution in [1.29, 1.82) is 0 Å². The molecule has 0 saturated heterocycles. The molecule has 0 aliphatic heterocycles. The van der Waals surface area contributed by atoms with Crippen molar-refractivity contribution >= 4 is 26.6 Å². The zero-order valence-electron chi connectivity index (χ0n) is 8.79. The number of benzene rings is 2. The average molecular weight is 253 g/mol. The van der Waals surface area contributed by atoms with Gasteiger partial charge in [0.2, 0.25) is 0 Å². The second-order valence-electron chi connectivity index (χ2n) is 3.47. The lowest BCUT2D eigenvalue weighted by Gasteiger charge is -2.10. The summed E-state index contributed by atoms with van der Waals surface area (Å²) in [5.41, 5.74) is 0.457. The zero-order chi connectivity index (χ0) is 12.5. The Morgan fingerprint density at radius 2 is 1.76 bits per heavy atom. The molecular formula is C11H11NO4S. The van der Waals surface area contributed by atoms with Crippen LogP contribution >= 0.6 is 0 Å². The summed E-state index contributed by atoms with van der Waals surface area (Å²) < 4.78 is 31.7. The fourth-order valence-corrected chi connectivity index (χ4v) is 2.49. The number of anilines is 1. The largest absolute Gasteiger partial charge is 0.377 e. The molecular weight excluding hydrogens is 242 g/mol. The lowest BCUT2D eigenvalue weighted by molar-refractivity contribution is 0.326. The van der Waals surface area contributed by atoms with Crippen LogP contribution in [0.25, 0.3) is 10.8 Å². The lowest BCUT2D eigenvalue weighted by atomic mass is 10.1. The number of hydrogen-bond donors (Lipinski definition) is 3. The van der Waals surface area contributed by atoms with Crippen LogP contribution in [-0.2, 0) is 10.1 Å². The predicted molar refractivity (Wildman–Crippen MR) is 64.5 cm³/mol. The molecule has 0 bridgehead atoms. The summed E-state index contributed by atoms with van der Waals surface area (Å²) in [6.45, 7) is -0.321. The number of rotatable bonds is 3. The van der Waals surface area contributed by atoms with E-state index in [-0.39, 0.29) is 11.6 Å². The Labute approximate surface area is 98.5 Å². The van der Waals surface area contributed by atoms with Gasteiger partial charge in [-0.2, -0.15) is 8.42 Å².